The van der Waals surface area contributed by atoms with E-state index in [1.165, 1.54) is 19.1 Å². The Bertz CT molecular complexity index is 854. The molecule has 0 radical (unpaired) electrons. The minimum atomic E-state index is -1.35. The van der Waals surface area contributed by atoms with Crippen LogP contribution in [0.1, 0.15) is 26.3 Å². The smallest absolute Gasteiger partial charge is 0.336 e. The third-order valence-corrected chi connectivity index (χ3v) is 3.82. The fourth-order valence-electron chi connectivity index (χ4n) is 2.40. The van der Waals surface area contributed by atoms with Gasteiger partial charge in [0.15, 0.2) is 6.10 Å². The van der Waals surface area contributed by atoms with Crippen LogP contribution in [0.5, 0.6) is 5.75 Å². The van der Waals surface area contributed by atoms with E-state index < -0.39 is 29.6 Å². The van der Waals surface area contributed by atoms with Gasteiger partial charge in [-0.05, 0) is 37.5 Å². The number of fused-ring (bicyclic) bond motifs is 1. The Morgan fingerprint density at radius 2 is 1.88 bits per heavy atom. The molecule has 0 saturated heterocycles. The molecule has 1 N–H and O–H groups in total. The van der Waals surface area contributed by atoms with Gasteiger partial charge in [-0.2, -0.15) is 0 Å². The van der Waals surface area contributed by atoms with Crippen LogP contribution in [0.3, 0.4) is 0 Å². The summed E-state index contributed by atoms with van der Waals surface area (Å²) in [6.07, 6.45) is -0.936. The number of rotatable bonds is 6. The number of hydrogen-bond acceptors (Lipinski definition) is 6. The van der Waals surface area contributed by atoms with Crippen molar-refractivity contribution in [2.75, 3.05) is 0 Å². The molecule has 7 nitrogen and oxygen atoms in total. The zero-order valence-corrected chi connectivity index (χ0v) is 14.5. The van der Waals surface area contributed by atoms with E-state index >= 15 is 0 Å². The fourth-order valence-corrected chi connectivity index (χ4v) is 2.40. The molecular formula is C18H20NO6-. The first-order valence-electron chi connectivity index (χ1n) is 7.91. The number of carboxylic acids is 1. The number of aliphatic carboxylic acids is 1. The summed E-state index contributed by atoms with van der Waals surface area (Å²) in [5, 5.41) is 14.2. The number of carboxylic acid groups (broad SMARTS) is 1. The van der Waals surface area contributed by atoms with Crippen LogP contribution in [-0.4, -0.2) is 24.0 Å². The highest BCUT2D eigenvalue weighted by atomic mass is 16.5. The first-order chi connectivity index (χ1) is 11.7. The van der Waals surface area contributed by atoms with Crippen LogP contribution in [0.25, 0.3) is 11.0 Å². The minimum absolute atomic E-state index is 0.320. The van der Waals surface area contributed by atoms with Crippen LogP contribution in [-0.2, 0) is 9.59 Å². The van der Waals surface area contributed by atoms with Gasteiger partial charge in [0.1, 0.15) is 11.3 Å². The summed E-state index contributed by atoms with van der Waals surface area (Å²) in [4.78, 5) is 34.7. The van der Waals surface area contributed by atoms with Gasteiger partial charge in [-0.15, -0.1) is 0 Å². The third-order valence-electron chi connectivity index (χ3n) is 3.82. The Morgan fingerprint density at radius 3 is 2.48 bits per heavy atom. The lowest BCUT2D eigenvalue weighted by Gasteiger charge is -2.25. The quantitative estimate of drug-likeness (QED) is 0.774. The van der Waals surface area contributed by atoms with E-state index in [-0.39, 0.29) is 5.92 Å². The Morgan fingerprint density at radius 1 is 1.20 bits per heavy atom. The van der Waals surface area contributed by atoms with Crippen molar-refractivity contribution in [2.45, 2.75) is 39.8 Å². The van der Waals surface area contributed by atoms with Gasteiger partial charge in [0.2, 0.25) is 0 Å². The molecule has 0 unspecified atom stereocenters. The number of benzene rings is 1. The Balaban J connectivity index is 2.15. The molecule has 0 aliphatic carbocycles. The zero-order valence-electron chi connectivity index (χ0n) is 14.5. The molecule has 0 aliphatic rings. The van der Waals surface area contributed by atoms with E-state index in [1.54, 1.807) is 32.9 Å². The fraction of sp³-hybridized carbons (Fsp3) is 0.389. The number of amides is 1. The second-order valence-corrected chi connectivity index (χ2v) is 6.22. The Hall–Kier alpha value is -2.83. The molecule has 2 rings (SSSR count). The van der Waals surface area contributed by atoms with Gasteiger partial charge in [0, 0.05) is 17.5 Å². The summed E-state index contributed by atoms with van der Waals surface area (Å²) in [7, 11) is 0. The van der Waals surface area contributed by atoms with E-state index in [0.29, 0.717) is 11.3 Å². The number of nitrogens with one attached hydrogen (secondary N) is 1. The normalized spacial score (nSPS) is 13.5. The minimum Gasteiger partial charge on any atom is -0.548 e. The van der Waals surface area contributed by atoms with Crippen molar-refractivity contribution in [3.05, 3.63) is 40.2 Å². The predicted octanol–water partition coefficient (Wildman–Crippen LogP) is 0.759. The lowest BCUT2D eigenvalue weighted by molar-refractivity contribution is -0.309. The van der Waals surface area contributed by atoms with E-state index in [0.717, 1.165) is 10.9 Å². The maximum atomic E-state index is 12.1. The van der Waals surface area contributed by atoms with Crippen molar-refractivity contribution in [3.63, 3.8) is 0 Å². The van der Waals surface area contributed by atoms with Gasteiger partial charge >= 0.3 is 5.63 Å². The average Bonchev–Trinajstić information content (AvgIpc) is 2.50. The molecule has 0 spiro atoms. The highest BCUT2D eigenvalue weighted by Crippen LogP contribution is 2.23. The van der Waals surface area contributed by atoms with Gasteiger partial charge in [-0.3, -0.25) is 4.79 Å². The van der Waals surface area contributed by atoms with Gasteiger partial charge < -0.3 is 24.4 Å². The van der Waals surface area contributed by atoms with E-state index in [1.807, 2.05) is 0 Å². The zero-order chi connectivity index (χ0) is 18.7. The van der Waals surface area contributed by atoms with Crippen molar-refractivity contribution in [3.8, 4) is 5.75 Å². The summed E-state index contributed by atoms with van der Waals surface area (Å²) >= 11 is 0. The lowest BCUT2D eigenvalue weighted by atomic mass is 10.0. The highest BCUT2D eigenvalue weighted by Gasteiger charge is 2.22. The number of hydrogen-bond donors (Lipinski definition) is 1. The summed E-state index contributed by atoms with van der Waals surface area (Å²) in [5.41, 5.74) is 0.656. The van der Waals surface area contributed by atoms with Crippen molar-refractivity contribution in [1.29, 1.82) is 0 Å². The van der Waals surface area contributed by atoms with Crippen molar-refractivity contribution < 1.29 is 23.8 Å². The average molecular weight is 346 g/mol. The summed E-state index contributed by atoms with van der Waals surface area (Å²) in [6.45, 7) is 6.63. The van der Waals surface area contributed by atoms with Crippen LogP contribution in [0.15, 0.2) is 33.5 Å². The standard InChI is InChI=1S/C18H21NO6/c1-9(2)16(18(22)23)19-17(21)11(4)24-12-5-6-13-10(3)7-15(20)25-14(13)8-12/h5-9,11,16H,1-4H3,(H,19,21)(H,22,23)/p-1/t11-,16-/m1/s1. The number of aryl methyl sites for hydroxylation is 1. The Kier molecular flexibility index (Phi) is 5.46. The number of ether oxygens (including phenoxy) is 1. The maximum absolute atomic E-state index is 12.1. The van der Waals surface area contributed by atoms with Crippen LogP contribution >= 0.6 is 0 Å². The molecule has 0 aliphatic heterocycles. The summed E-state index contributed by atoms with van der Waals surface area (Å²) in [5.74, 6) is -1.91. The van der Waals surface area contributed by atoms with Gasteiger partial charge in [0.25, 0.3) is 5.91 Å². The molecule has 0 fully saturated rings. The first kappa shape index (κ1) is 18.5. The molecule has 0 saturated carbocycles. The second-order valence-electron chi connectivity index (χ2n) is 6.22. The van der Waals surface area contributed by atoms with Gasteiger partial charge in [-0.1, -0.05) is 13.8 Å². The van der Waals surface area contributed by atoms with E-state index in [9.17, 15) is 19.5 Å². The van der Waals surface area contributed by atoms with Gasteiger partial charge in [0.05, 0.1) is 12.0 Å². The highest BCUT2D eigenvalue weighted by molar-refractivity contribution is 5.86. The summed E-state index contributed by atoms with van der Waals surface area (Å²) < 4.78 is 10.7. The van der Waals surface area contributed by atoms with Crippen LogP contribution in [0.4, 0.5) is 0 Å². The lowest BCUT2D eigenvalue weighted by Crippen LogP contribution is -2.53. The van der Waals surface area contributed by atoms with Crippen molar-refractivity contribution in [1.82, 2.24) is 5.32 Å². The molecule has 1 amide bonds. The first-order valence-corrected chi connectivity index (χ1v) is 7.91. The van der Waals surface area contributed by atoms with Gasteiger partial charge in [-0.25, -0.2) is 4.79 Å². The van der Waals surface area contributed by atoms with E-state index in [4.69, 9.17) is 9.15 Å². The molecule has 2 aromatic rings. The molecule has 1 aromatic heterocycles. The second kappa shape index (κ2) is 7.38. The Labute approximate surface area is 144 Å². The number of carbonyl (C=O) groups excluding carboxylic acids is 2. The maximum Gasteiger partial charge on any atom is 0.336 e. The molecular weight excluding hydrogens is 326 g/mol. The predicted molar refractivity (Wildman–Crippen MR) is 89.1 cm³/mol. The molecule has 7 heteroatoms. The summed E-state index contributed by atoms with van der Waals surface area (Å²) in [6, 6.07) is 5.19. The number of carbonyl (C=O) groups is 2. The topological polar surface area (TPSA) is 109 Å². The largest absolute Gasteiger partial charge is 0.548 e. The third kappa shape index (κ3) is 4.37. The van der Waals surface area contributed by atoms with Crippen LogP contribution in [0.2, 0.25) is 0 Å². The van der Waals surface area contributed by atoms with Crippen LogP contribution < -0.4 is 20.8 Å². The monoisotopic (exact) mass is 346 g/mol. The van der Waals surface area contributed by atoms with Crippen molar-refractivity contribution >= 4 is 22.8 Å². The molecule has 2 atom stereocenters. The molecule has 1 aromatic carbocycles. The van der Waals surface area contributed by atoms with Crippen molar-refractivity contribution in [2.24, 2.45) is 5.92 Å². The molecule has 25 heavy (non-hydrogen) atoms. The molecule has 0 bridgehead atoms. The molecule has 134 valence electrons. The molecule has 1 heterocycles. The van der Waals surface area contributed by atoms with E-state index in [2.05, 4.69) is 5.32 Å². The SMILES string of the molecule is Cc1cc(=O)oc2cc(O[C@H](C)C(=O)N[C@@H](C(=O)[O-])C(C)C)ccc12. The van der Waals surface area contributed by atoms with Crippen LogP contribution in [0, 0.1) is 12.8 Å².